The number of para-hydroxylation sites is 2. The monoisotopic (exact) mass is 703 g/mol. The highest BCUT2D eigenvalue weighted by Crippen LogP contribution is 2.51. The van der Waals surface area contributed by atoms with Gasteiger partial charge in [-0.1, -0.05) is 166 Å². The number of nitrogens with zero attached hydrogens (tertiary/aromatic N) is 1. The summed E-state index contributed by atoms with van der Waals surface area (Å²) in [6, 6.07) is 68.5. The Morgan fingerprint density at radius 3 is 1.80 bits per heavy atom. The lowest BCUT2D eigenvalue weighted by Crippen LogP contribution is -2.16. The Morgan fingerprint density at radius 1 is 0.400 bits per heavy atom. The van der Waals surface area contributed by atoms with Gasteiger partial charge in [0.25, 0.3) is 0 Å². The topological polar surface area (TPSA) is 16.4 Å². The quantitative estimate of drug-likeness (QED) is 0.166. The highest BCUT2D eigenvalue weighted by Gasteiger charge is 2.35. The average Bonchev–Trinajstić information content (AvgIpc) is 3.73. The number of hydrogen-bond donors (Lipinski definition) is 0. The third-order valence-electron chi connectivity index (χ3n) is 11.9. The summed E-state index contributed by atoms with van der Waals surface area (Å²) in [4.78, 5) is 2.45. The van der Waals surface area contributed by atoms with Gasteiger partial charge in [-0.2, -0.15) is 0 Å². The molecule has 1 aliphatic rings. The van der Waals surface area contributed by atoms with Crippen molar-refractivity contribution in [3.63, 3.8) is 0 Å². The molecular formula is C53H37NO. The highest BCUT2D eigenvalue weighted by atomic mass is 16.3. The normalized spacial score (nSPS) is 13.1. The van der Waals surface area contributed by atoms with E-state index in [2.05, 4.69) is 195 Å². The molecule has 2 heteroatoms. The molecule has 11 rings (SSSR count). The zero-order chi connectivity index (χ0) is 36.7. The van der Waals surface area contributed by atoms with Crippen LogP contribution >= 0.6 is 0 Å². The maximum absolute atomic E-state index is 6.36. The van der Waals surface area contributed by atoms with Gasteiger partial charge < -0.3 is 9.32 Å². The number of rotatable bonds is 5. The van der Waals surface area contributed by atoms with E-state index in [1.54, 1.807) is 0 Å². The van der Waals surface area contributed by atoms with Crippen LogP contribution in [0.5, 0.6) is 0 Å². The Hall–Kier alpha value is -6.90. The van der Waals surface area contributed by atoms with Gasteiger partial charge in [0, 0.05) is 38.5 Å². The molecule has 260 valence electrons. The summed E-state index contributed by atoms with van der Waals surface area (Å²) in [5, 5.41) is 7.27. The van der Waals surface area contributed by atoms with Gasteiger partial charge >= 0.3 is 0 Å². The summed E-state index contributed by atoms with van der Waals surface area (Å²) in [5.41, 5.74) is 15.2. The summed E-state index contributed by atoms with van der Waals surface area (Å²) in [5.74, 6) is 0. The van der Waals surface area contributed by atoms with Crippen LogP contribution in [-0.4, -0.2) is 0 Å². The van der Waals surface area contributed by atoms with Gasteiger partial charge in [-0.25, -0.2) is 0 Å². The average molecular weight is 704 g/mol. The summed E-state index contributed by atoms with van der Waals surface area (Å²) in [6.07, 6.45) is 0. The van der Waals surface area contributed by atoms with Crippen LogP contribution in [0, 0.1) is 0 Å². The number of fused-ring (bicyclic) bond motifs is 9. The Kier molecular flexibility index (Phi) is 6.93. The molecule has 1 aromatic heterocycles. The lowest BCUT2D eigenvalue weighted by atomic mass is 9.82. The van der Waals surface area contributed by atoms with Crippen molar-refractivity contribution in [3.05, 3.63) is 199 Å². The van der Waals surface area contributed by atoms with Gasteiger partial charge in [0.1, 0.15) is 11.2 Å². The van der Waals surface area contributed by atoms with Crippen molar-refractivity contribution in [3.8, 4) is 33.4 Å². The molecule has 1 aliphatic carbocycles. The van der Waals surface area contributed by atoms with E-state index in [1.807, 2.05) is 12.1 Å². The summed E-state index contributed by atoms with van der Waals surface area (Å²) >= 11 is 0. The molecule has 1 heterocycles. The van der Waals surface area contributed by atoms with Crippen LogP contribution < -0.4 is 4.90 Å². The van der Waals surface area contributed by atoms with Crippen LogP contribution in [0.3, 0.4) is 0 Å². The second-order valence-electron chi connectivity index (χ2n) is 15.3. The van der Waals surface area contributed by atoms with Crippen molar-refractivity contribution in [1.82, 2.24) is 0 Å². The van der Waals surface area contributed by atoms with E-state index >= 15 is 0 Å². The molecule has 0 N–H and O–H groups in total. The molecule has 2 nitrogen and oxygen atoms in total. The van der Waals surface area contributed by atoms with Crippen LogP contribution in [0.15, 0.2) is 192 Å². The number of benzene rings is 9. The Bertz CT molecular complexity index is 3110. The van der Waals surface area contributed by atoms with Gasteiger partial charge in [-0.05, 0) is 91.5 Å². The fourth-order valence-electron chi connectivity index (χ4n) is 9.10. The summed E-state index contributed by atoms with van der Waals surface area (Å²) in [7, 11) is 0. The van der Waals surface area contributed by atoms with Crippen LogP contribution in [0.4, 0.5) is 17.1 Å². The molecular weight excluding hydrogens is 667 g/mol. The summed E-state index contributed by atoms with van der Waals surface area (Å²) < 4.78 is 6.36. The Morgan fingerprint density at radius 2 is 0.982 bits per heavy atom. The van der Waals surface area contributed by atoms with Crippen LogP contribution in [0.2, 0.25) is 0 Å². The zero-order valence-corrected chi connectivity index (χ0v) is 30.8. The molecule has 0 atom stereocenters. The van der Waals surface area contributed by atoms with E-state index < -0.39 is 0 Å². The first-order valence-electron chi connectivity index (χ1n) is 19.1. The van der Waals surface area contributed by atoms with Crippen molar-refractivity contribution in [2.24, 2.45) is 0 Å². The molecule has 0 bridgehead atoms. The maximum atomic E-state index is 6.36. The number of furan rings is 1. The SMILES string of the molecule is CC1(C)c2ccccc2-c2ccc(N(c3ccc(-c4ccc(-c5cccc6c5oc5ccccc56)cc4)cc3)c3cc4ccccc4c4ccccc34)cc21. The lowest BCUT2D eigenvalue weighted by Gasteiger charge is -2.29. The fourth-order valence-corrected chi connectivity index (χ4v) is 9.10. The van der Waals surface area contributed by atoms with Crippen molar-refractivity contribution < 1.29 is 4.42 Å². The second kappa shape index (κ2) is 12.1. The molecule has 10 aromatic rings. The number of hydrogen-bond acceptors (Lipinski definition) is 2. The van der Waals surface area contributed by atoms with E-state index in [9.17, 15) is 0 Å². The Balaban J connectivity index is 1.02. The van der Waals surface area contributed by atoms with E-state index in [4.69, 9.17) is 4.42 Å². The predicted molar refractivity (Wildman–Crippen MR) is 232 cm³/mol. The molecule has 0 unspecified atom stereocenters. The first-order chi connectivity index (χ1) is 27.0. The second-order valence-corrected chi connectivity index (χ2v) is 15.3. The molecule has 0 amide bonds. The maximum Gasteiger partial charge on any atom is 0.143 e. The van der Waals surface area contributed by atoms with Crippen LogP contribution in [-0.2, 0) is 5.41 Å². The van der Waals surface area contributed by atoms with E-state index in [0.717, 1.165) is 44.4 Å². The molecule has 0 fully saturated rings. The van der Waals surface area contributed by atoms with E-state index in [1.165, 1.54) is 60.6 Å². The molecule has 9 aromatic carbocycles. The van der Waals surface area contributed by atoms with Crippen molar-refractivity contribution in [1.29, 1.82) is 0 Å². The van der Waals surface area contributed by atoms with Crippen molar-refractivity contribution >= 4 is 60.5 Å². The fraction of sp³-hybridized carbons (Fsp3) is 0.0566. The van der Waals surface area contributed by atoms with Gasteiger partial charge in [-0.15, -0.1) is 0 Å². The van der Waals surface area contributed by atoms with E-state index in [-0.39, 0.29) is 5.41 Å². The zero-order valence-electron chi connectivity index (χ0n) is 30.8. The minimum Gasteiger partial charge on any atom is -0.455 e. The highest BCUT2D eigenvalue weighted by molar-refractivity contribution is 6.15. The van der Waals surface area contributed by atoms with Gasteiger partial charge in [-0.3, -0.25) is 0 Å². The predicted octanol–water partition coefficient (Wildman–Crippen LogP) is 15.0. The van der Waals surface area contributed by atoms with Crippen LogP contribution in [0.1, 0.15) is 25.0 Å². The molecule has 0 saturated heterocycles. The smallest absolute Gasteiger partial charge is 0.143 e. The largest absolute Gasteiger partial charge is 0.455 e. The minimum absolute atomic E-state index is 0.106. The first-order valence-corrected chi connectivity index (χ1v) is 19.1. The minimum atomic E-state index is -0.106. The number of anilines is 3. The third kappa shape index (κ3) is 4.88. The van der Waals surface area contributed by atoms with Gasteiger partial charge in [0.15, 0.2) is 0 Å². The summed E-state index contributed by atoms with van der Waals surface area (Å²) in [6.45, 7) is 4.71. The van der Waals surface area contributed by atoms with Gasteiger partial charge in [0.05, 0.1) is 5.69 Å². The van der Waals surface area contributed by atoms with E-state index in [0.29, 0.717) is 0 Å². The molecule has 0 radical (unpaired) electrons. The van der Waals surface area contributed by atoms with Crippen molar-refractivity contribution in [2.45, 2.75) is 19.3 Å². The Labute approximate surface area is 320 Å². The molecule has 55 heavy (non-hydrogen) atoms. The van der Waals surface area contributed by atoms with Gasteiger partial charge in [0.2, 0.25) is 0 Å². The van der Waals surface area contributed by atoms with Crippen molar-refractivity contribution in [2.75, 3.05) is 4.90 Å². The third-order valence-corrected chi connectivity index (χ3v) is 11.9. The molecule has 0 aliphatic heterocycles. The molecule has 0 spiro atoms. The lowest BCUT2D eigenvalue weighted by molar-refractivity contribution is 0.660. The first kappa shape index (κ1) is 31.6. The van der Waals surface area contributed by atoms with Crippen LogP contribution in [0.25, 0.3) is 76.9 Å². The molecule has 0 saturated carbocycles. The standard InChI is InChI=1S/C53H37NO/c1-53(2)48-20-9-7-15-43(48)44-31-30-39(33-49(44)53)54(50-32-37-12-3-4-13-40(37)42-14-5-6-16-45(42)50)38-28-26-35(27-29-38)34-22-24-36(25-23-34)41-18-11-19-47-46-17-8-10-21-51(46)55-52(41)47/h3-33H,1-2H3.